The third-order valence-corrected chi connectivity index (χ3v) is 4.29. The van der Waals surface area contributed by atoms with E-state index in [1.165, 1.54) is 12.1 Å². The quantitative estimate of drug-likeness (QED) is 0.464. The van der Waals surface area contributed by atoms with Crippen molar-refractivity contribution in [2.24, 2.45) is 4.99 Å². The van der Waals surface area contributed by atoms with Gasteiger partial charge in [-0.05, 0) is 75.4 Å². The van der Waals surface area contributed by atoms with Crippen LogP contribution in [0.4, 0.5) is 10.1 Å². The minimum Gasteiger partial charge on any atom is -0.462 e. The van der Waals surface area contributed by atoms with Gasteiger partial charge in [0.25, 0.3) is 0 Å². The van der Waals surface area contributed by atoms with E-state index in [4.69, 9.17) is 4.74 Å². The first-order valence-electron chi connectivity index (χ1n) is 8.75. The normalized spacial score (nSPS) is 11.1. The van der Waals surface area contributed by atoms with E-state index in [9.17, 15) is 9.18 Å². The van der Waals surface area contributed by atoms with Gasteiger partial charge in [0.2, 0.25) is 0 Å². The molecule has 0 bridgehead atoms. The highest BCUT2D eigenvalue weighted by atomic mass is 19.1. The van der Waals surface area contributed by atoms with Crippen molar-refractivity contribution < 1.29 is 13.9 Å². The molecule has 0 atom stereocenters. The molecule has 0 saturated carbocycles. The molecule has 0 saturated heterocycles. The van der Waals surface area contributed by atoms with Crippen molar-refractivity contribution in [1.29, 1.82) is 0 Å². The molecule has 0 N–H and O–H groups in total. The molecule has 0 amide bonds. The Kier molecular flexibility index (Phi) is 5.50. The van der Waals surface area contributed by atoms with Crippen molar-refractivity contribution >= 4 is 17.9 Å². The monoisotopic (exact) mass is 364 g/mol. The Hall–Kier alpha value is -3.21. The van der Waals surface area contributed by atoms with Crippen LogP contribution in [0.25, 0.3) is 5.69 Å². The molecule has 1 heterocycles. The van der Waals surface area contributed by atoms with Crippen LogP contribution in [0.15, 0.2) is 59.6 Å². The summed E-state index contributed by atoms with van der Waals surface area (Å²) in [6.45, 7) is 6.13. The average Bonchev–Trinajstić information content (AvgIpc) is 2.95. The van der Waals surface area contributed by atoms with Crippen molar-refractivity contribution in [2.75, 3.05) is 6.61 Å². The Morgan fingerprint density at radius 3 is 2.41 bits per heavy atom. The largest absolute Gasteiger partial charge is 0.462 e. The van der Waals surface area contributed by atoms with Gasteiger partial charge in [0, 0.05) is 28.9 Å². The molecular weight excluding hydrogens is 343 g/mol. The second-order valence-corrected chi connectivity index (χ2v) is 6.16. The number of aliphatic imine (C=N–C) groups is 1. The number of aryl methyl sites for hydroxylation is 1. The number of halogens is 1. The highest BCUT2D eigenvalue weighted by Gasteiger charge is 2.10. The second kappa shape index (κ2) is 7.99. The van der Waals surface area contributed by atoms with Gasteiger partial charge in [0.15, 0.2) is 0 Å². The molecule has 3 aromatic rings. The Morgan fingerprint density at radius 2 is 1.78 bits per heavy atom. The molecule has 0 fully saturated rings. The number of rotatable bonds is 5. The van der Waals surface area contributed by atoms with Gasteiger partial charge in [-0.15, -0.1) is 0 Å². The van der Waals surface area contributed by atoms with Crippen LogP contribution in [-0.2, 0) is 4.74 Å². The van der Waals surface area contributed by atoms with Gasteiger partial charge in [0.05, 0.1) is 17.9 Å². The lowest BCUT2D eigenvalue weighted by Gasteiger charge is -2.09. The molecule has 0 aliphatic carbocycles. The molecule has 2 aromatic carbocycles. The lowest BCUT2D eigenvalue weighted by atomic mass is 10.2. The standard InChI is InChI=1S/C22H21FN2O2/c1-4-27-22(26)17-5-9-20(10-6-17)24-14-18-13-15(2)25(16(18)3)21-11-7-19(23)8-12-21/h5-14H,4H2,1-3H3. The summed E-state index contributed by atoms with van der Waals surface area (Å²) in [5.41, 5.74) is 5.19. The minimum absolute atomic E-state index is 0.255. The predicted molar refractivity (Wildman–Crippen MR) is 105 cm³/mol. The molecule has 3 rings (SSSR count). The number of nitrogens with zero attached hydrogens (tertiary/aromatic N) is 2. The smallest absolute Gasteiger partial charge is 0.338 e. The molecule has 0 unspecified atom stereocenters. The van der Waals surface area contributed by atoms with Gasteiger partial charge in [-0.3, -0.25) is 4.99 Å². The van der Waals surface area contributed by atoms with Crippen molar-refractivity contribution in [3.8, 4) is 5.69 Å². The molecule has 4 nitrogen and oxygen atoms in total. The number of ether oxygens (including phenoxy) is 1. The van der Waals surface area contributed by atoms with Gasteiger partial charge in [-0.25, -0.2) is 9.18 Å². The number of esters is 1. The van der Waals surface area contributed by atoms with Crippen LogP contribution in [0.1, 0.15) is 34.2 Å². The van der Waals surface area contributed by atoms with Crippen LogP contribution in [0.2, 0.25) is 0 Å². The van der Waals surface area contributed by atoms with Crippen LogP contribution in [0.5, 0.6) is 0 Å². The molecule has 5 heteroatoms. The Labute approximate surface area is 157 Å². The topological polar surface area (TPSA) is 43.6 Å². The number of carbonyl (C=O) groups excluding carboxylic acids is 1. The highest BCUT2D eigenvalue weighted by Crippen LogP contribution is 2.21. The zero-order valence-electron chi connectivity index (χ0n) is 15.6. The summed E-state index contributed by atoms with van der Waals surface area (Å²) >= 11 is 0. The third kappa shape index (κ3) is 4.14. The van der Waals surface area contributed by atoms with Crippen LogP contribution < -0.4 is 0 Å². The number of hydrogen-bond acceptors (Lipinski definition) is 3. The molecule has 0 radical (unpaired) electrons. The summed E-state index contributed by atoms with van der Waals surface area (Å²) in [5.74, 6) is -0.592. The van der Waals surface area contributed by atoms with Crippen molar-refractivity contribution in [1.82, 2.24) is 4.57 Å². The van der Waals surface area contributed by atoms with E-state index in [-0.39, 0.29) is 11.8 Å². The van der Waals surface area contributed by atoms with Crippen molar-refractivity contribution in [3.05, 3.63) is 82.9 Å². The minimum atomic E-state index is -0.337. The molecule has 27 heavy (non-hydrogen) atoms. The molecule has 138 valence electrons. The van der Waals surface area contributed by atoms with E-state index in [2.05, 4.69) is 9.56 Å². The first-order chi connectivity index (χ1) is 13.0. The lowest BCUT2D eigenvalue weighted by Crippen LogP contribution is -2.03. The molecule has 1 aromatic heterocycles. The summed E-state index contributed by atoms with van der Waals surface area (Å²) in [7, 11) is 0. The summed E-state index contributed by atoms with van der Waals surface area (Å²) in [4.78, 5) is 16.2. The predicted octanol–water partition coefficient (Wildman–Crippen LogP) is 5.16. The van der Waals surface area contributed by atoms with Gasteiger partial charge in [0.1, 0.15) is 5.82 Å². The van der Waals surface area contributed by atoms with E-state index in [1.807, 2.05) is 19.9 Å². The van der Waals surface area contributed by atoms with Crippen LogP contribution in [0.3, 0.4) is 0 Å². The zero-order valence-corrected chi connectivity index (χ0v) is 15.6. The van der Waals surface area contributed by atoms with Crippen molar-refractivity contribution in [2.45, 2.75) is 20.8 Å². The molecule has 0 aliphatic rings. The van der Waals surface area contributed by atoms with Crippen LogP contribution in [-0.4, -0.2) is 23.4 Å². The van der Waals surface area contributed by atoms with Gasteiger partial charge >= 0.3 is 5.97 Å². The number of benzene rings is 2. The number of aromatic nitrogens is 1. The number of carbonyl (C=O) groups is 1. The van der Waals surface area contributed by atoms with Crippen LogP contribution >= 0.6 is 0 Å². The highest BCUT2D eigenvalue weighted by molar-refractivity contribution is 5.90. The van der Waals surface area contributed by atoms with Gasteiger partial charge in [-0.1, -0.05) is 0 Å². The lowest BCUT2D eigenvalue weighted by molar-refractivity contribution is 0.0526. The maximum atomic E-state index is 13.2. The summed E-state index contributed by atoms with van der Waals surface area (Å²) in [6, 6.07) is 15.4. The van der Waals surface area contributed by atoms with Crippen molar-refractivity contribution in [3.63, 3.8) is 0 Å². The Morgan fingerprint density at radius 1 is 1.11 bits per heavy atom. The first kappa shape index (κ1) is 18.6. The van der Waals surface area contributed by atoms with E-state index in [0.717, 1.165) is 28.3 Å². The van der Waals surface area contributed by atoms with E-state index >= 15 is 0 Å². The fourth-order valence-corrected chi connectivity index (χ4v) is 2.95. The Bertz CT molecular complexity index is 971. The summed E-state index contributed by atoms with van der Waals surface area (Å²) in [6.07, 6.45) is 1.79. The summed E-state index contributed by atoms with van der Waals surface area (Å²) in [5, 5.41) is 0. The Balaban J connectivity index is 1.83. The maximum absolute atomic E-state index is 13.2. The molecule has 0 aliphatic heterocycles. The number of hydrogen-bond donors (Lipinski definition) is 0. The average molecular weight is 364 g/mol. The fraction of sp³-hybridized carbons (Fsp3) is 0.182. The second-order valence-electron chi connectivity index (χ2n) is 6.16. The van der Waals surface area contributed by atoms with Gasteiger partial charge < -0.3 is 9.30 Å². The van der Waals surface area contributed by atoms with E-state index in [0.29, 0.717) is 12.2 Å². The van der Waals surface area contributed by atoms with E-state index < -0.39 is 0 Å². The maximum Gasteiger partial charge on any atom is 0.338 e. The zero-order chi connectivity index (χ0) is 19.4. The summed E-state index contributed by atoms with van der Waals surface area (Å²) < 4.78 is 20.2. The van der Waals surface area contributed by atoms with Gasteiger partial charge in [-0.2, -0.15) is 0 Å². The third-order valence-electron chi connectivity index (χ3n) is 4.29. The van der Waals surface area contributed by atoms with Crippen LogP contribution in [0, 0.1) is 19.7 Å². The van der Waals surface area contributed by atoms with E-state index in [1.54, 1.807) is 49.5 Å². The first-order valence-corrected chi connectivity index (χ1v) is 8.75. The molecular formula is C22H21FN2O2. The fourth-order valence-electron chi connectivity index (χ4n) is 2.95. The SMILES string of the molecule is CCOC(=O)c1ccc(N=Cc2cc(C)n(-c3ccc(F)cc3)c2C)cc1. The molecule has 0 spiro atoms.